The lowest BCUT2D eigenvalue weighted by Gasteiger charge is -2.33. The molecule has 7 rings (SSSR count). The molecule has 1 aromatic carbocycles. The number of pyridine rings is 2. The first-order valence-electron chi connectivity index (χ1n) is 17.8. The van der Waals surface area contributed by atoms with E-state index in [1.165, 1.54) is 0 Å². The van der Waals surface area contributed by atoms with Crippen molar-refractivity contribution >= 4 is 40.8 Å². The Morgan fingerprint density at radius 2 is 1.79 bits per heavy atom. The average molecular weight is 749 g/mol. The topological polar surface area (TPSA) is 146 Å². The van der Waals surface area contributed by atoms with Gasteiger partial charge in [-0.1, -0.05) is 41.4 Å². The van der Waals surface area contributed by atoms with Gasteiger partial charge >= 0.3 is 5.97 Å². The highest BCUT2D eigenvalue weighted by molar-refractivity contribution is 6.39. The second kappa shape index (κ2) is 15.5. The van der Waals surface area contributed by atoms with Crippen LogP contribution in [0, 0.1) is 11.8 Å². The smallest absolute Gasteiger partial charge is 0.306 e. The van der Waals surface area contributed by atoms with Crippen molar-refractivity contribution in [1.29, 1.82) is 0 Å². The molecule has 0 spiro atoms. The fourth-order valence-corrected chi connectivity index (χ4v) is 8.40. The number of anilines is 1. The molecule has 2 aliphatic heterocycles. The zero-order valence-corrected chi connectivity index (χ0v) is 30.8. The van der Waals surface area contributed by atoms with Crippen LogP contribution in [0.4, 0.5) is 5.69 Å². The van der Waals surface area contributed by atoms with Gasteiger partial charge in [0.05, 0.1) is 51.9 Å². The van der Waals surface area contributed by atoms with E-state index in [0.717, 1.165) is 75.1 Å². The summed E-state index contributed by atoms with van der Waals surface area (Å²) in [5.41, 5.74) is 5.51. The van der Waals surface area contributed by atoms with Gasteiger partial charge in [0.15, 0.2) is 5.82 Å². The number of aliphatic hydroxyl groups excluding tert-OH is 1. The molecule has 0 bridgehead atoms. The highest BCUT2D eigenvalue weighted by Crippen LogP contribution is 2.40. The molecule has 14 heteroatoms. The number of hydrogen-bond donors (Lipinski definition) is 3. The van der Waals surface area contributed by atoms with Gasteiger partial charge < -0.3 is 24.8 Å². The van der Waals surface area contributed by atoms with Crippen LogP contribution in [0.2, 0.25) is 10.0 Å². The number of halogens is 2. The largest absolute Gasteiger partial charge is 0.481 e. The molecule has 2 fully saturated rings. The first kappa shape index (κ1) is 36.3. The van der Waals surface area contributed by atoms with Crippen molar-refractivity contribution in [2.24, 2.45) is 18.9 Å². The number of β-amino-alcohol motifs (C(OH)–C–C–N with tert-alkyl or cyclic N) is 1. The summed E-state index contributed by atoms with van der Waals surface area (Å²) in [4.78, 5) is 43.7. The van der Waals surface area contributed by atoms with Gasteiger partial charge in [0.25, 0.3) is 5.91 Å². The number of amides is 1. The predicted octanol–water partition coefficient (Wildman–Crippen LogP) is 5.93. The lowest BCUT2D eigenvalue weighted by Crippen LogP contribution is -2.36. The number of nitrogens with one attached hydrogen (secondary N) is 1. The molecule has 0 radical (unpaired) electrons. The molecule has 3 N–H and O–H groups in total. The molecule has 1 saturated heterocycles. The highest BCUT2D eigenvalue weighted by atomic mass is 35.5. The van der Waals surface area contributed by atoms with E-state index in [1.54, 1.807) is 37.6 Å². The number of carboxylic acids is 1. The minimum absolute atomic E-state index is 0.221. The Morgan fingerprint density at radius 3 is 2.52 bits per heavy atom. The summed E-state index contributed by atoms with van der Waals surface area (Å²) in [5, 5.41) is 22.9. The number of carbonyl (C=O) groups excluding carboxylic acids is 1. The van der Waals surface area contributed by atoms with Gasteiger partial charge in [-0.3, -0.25) is 24.4 Å². The van der Waals surface area contributed by atoms with Crippen LogP contribution in [0.5, 0.6) is 5.88 Å². The molecule has 12 nitrogen and oxygen atoms in total. The molecule has 1 amide bonds. The molecular formula is C38H43Cl2N7O5. The summed E-state index contributed by atoms with van der Waals surface area (Å²) in [6, 6.07) is 11.0. The van der Waals surface area contributed by atoms with E-state index in [0.29, 0.717) is 75.5 Å². The van der Waals surface area contributed by atoms with Gasteiger partial charge in [0.1, 0.15) is 0 Å². The van der Waals surface area contributed by atoms with Gasteiger partial charge in [-0.2, -0.15) is 0 Å². The van der Waals surface area contributed by atoms with Crippen molar-refractivity contribution in [1.82, 2.24) is 29.3 Å². The van der Waals surface area contributed by atoms with Gasteiger partial charge in [-0.05, 0) is 56.2 Å². The SMILES string of the molecule is COc1nc(-c2ccnc(-c3cccc(NC(=O)c4nc5c(n4C)CCN(CC4CCC(C(=O)O)CC4)C5)c3Cl)c2Cl)ccc1CN1CC[C@@H](O)C1. The van der Waals surface area contributed by atoms with E-state index in [9.17, 15) is 19.8 Å². The van der Waals surface area contributed by atoms with Crippen molar-refractivity contribution in [2.75, 3.05) is 38.6 Å². The summed E-state index contributed by atoms with van der Waals surface area (Å²) < 4.78 is 7.50. The Bertz CT molecular complexity index is 1980. The Kier molecular flexibility index (Phi) is 10.8. The van der Waals surface area contributed by atoms with Crippen molar-refractivity contribution in [3.05, 3.63) is 75.4 Å². The van der Waals surface area contributed by atoms with Crippen molar-refractivity contribution in [3.8, 4) is 28.4 Å². The number of benzene rings is 1. The number of imidazole rings is 1. The van der Waals surface area contributed by atoms with Crippen molar-refractivity contribution < 1.29 is 24.5 Å². The van der Waals surface area contributed by atoms with Gasteiger partial charge in [0.2, 0.25) is 5.88 Å². The normalized spacial score (nSPS) is 20.8. The summed E-state index contributed by atoms with van der Waals surface area (Å²) in [5.74, 6) is -0.0146. The second-order valence-electron chi connectivity index (χ2n) is 14.1. The Labute approximate surface area is 312 Å². The average Bonchev–Trinajstić information content (AvgIpc) is 3.71. The van der Waals surface area contributed by atoms with Crippen molar-refractivity contribution in [2.45, 2.75) is 57.7 Å². The zero-order valence-electron chi connectivity index (χ0n) is 29.3. The lowest BCUT2D eigenvalue weighted by molar-refractivity contribution is -0.143. The Balaban J connectivity index is 1.06. The van der Waals surface area contributed by atoms with Crippen LogP contribution in [0.1, 0.15) is 59.7 Å². The number of methoxy groups -OCH3 is 1. The van der Waals surface area contributed by atoms with Gasteiger partial charge in [-0.25, -0.2) is 9.97 Å². The number of aliphatic hydroxyl groups is 1. The predicted molar refractivity (Wildman–Crippen MR) is 199 cm³/mol. The fourth-order valence-electron chi connectivity index (χ4n) is 7.83. The molecule has 1 aliphatic carbocycles. The van der Waals surface area contributed by atoms with E-state index in [1.807, 2.05) is 23.7 Å². The van der Waals surface area contributed by atoms with Gasteiger partial charge in [0, 0.05) is 81.3 Å². The number of aromatic nitrogens is 4. The molecule has 0 unspecified atom stereocenters. The minimum Gasteiger partial charge on any atom is -0.481 e. The quantitative estimate of drug-likeness (QED) is 0.179. The zero-order chi connectivity index (χ0) is 36.5. The standard InChI is InChI=1S/C38H43Cl2N7O5/c1-45-31-14-17-46(18-22-6-8-23(9-7-22)38(50)51)21-30(31)42-35(45)36(49)43-29-5-3-4-27(32(29)39)34-33(40)26(12-15-41-34)28-11-10-24(37(44-28)52-2)19-47-16-13-25(48)20-47/h3-5,10-12,15,22-23,25,48H,6-9,13-14,16-21H2,1-2H3,(H,43,49)(H,50,51)/t22?,23?,25-/m1/s1. The summed E-state index contributed by atoms with van der Waals surface area (Å²) in [6.07, 6.45) is 6.18. The number of aliphatic carboxylic acids is 1. The number of fused-ring (bicyclic) bond motifs is 1. The molecule has 3 aromatic heterocycles. The third-order valence-corrected chi connectivity index (χ3v) is 11.5. The Morgan fingerprint density at radius 1 is 0.981 bits per heavy atom. The third-order valence-electron chi connectivity index (χ3n) is 10.7. The Hall–Kier alpha value is -4.07. The molecule has 52 heavy (non-hydrogen) atoms. The van der Waals surface area contributed by atoms with Crippen LogP contribution >= 0.6 is 23.2 Å². The highest BCUT2D eigenvalue weighted by Gasteiger charge is 2.31. The van der Waals surface area contributed by atoms with Gasteiger partial charge in [-0.15, -0.1) is 0 Å². The molecule has 1 saturated carbocycles. The molecule has 4 aromatic rings. The van der Waals surface area contributed by atoms with Crippen LogP contribution in [0.15, 0.2) is 42.6 Å². The monoisotopic (exact) mass is 747 g/mol. The maximum absolute atomic E-state index is 13.7. The summed E-state index contributed by atoms with van der Waals surface area (Å²) in [7, 11) is 3.45. The minimum atomic E-state index is -0.684. The molecular weight excluding hydrogens is 705 g/mol. The maximum Gasteiger partial charge on any atom is 0.306 e. The van der Waals surface area contributed by atoms with E-state index < -0.39 is 5.97 Å². The number of nitrogens with zero attached hydrogens (tertiary/aromatic N) is 6. The van der Waals surface area contributed by atoms with Crippen LogP contribution in [0.3, 0.4) is 0 Å². The van der Waals surface area contributed by atoms with Crippen LogP contribution < -0.4 is 10.1 Å². The van der Waals surface area contributed by atoms with Crippen LogP contribution in [-0.2, 0) is 31.4 Å². The number of hydrogen-bond acceptors (Lipinski definition) is 9. The van der Waals surface area contributed by atoms with Crippen LogP contribution in [0.25, 0.3) is 22.5 Å². The van der Waals surface area contributed by atoms with Crippen molar-refractivity contribution in [3.63, 3.8) is 0 Å². The third kappa shape index (κ3) is 7.53. The number of carboxylic acid groups (broad SMARTS) is 1. The maximum atomic E-state index is 13.7. The number of likely N-dealkylation sites (tertiary alicyclic amines) is 1. The first-order chi connectivity index (χ1) is 25.1. The van der Waals surface area contributed by atoms with E-state index in [-0.39, 0.29) is 17.9 Å². The molecule has 5 heterocycles. The second-order valence-corrected chi connectivity index (χ2v) is 14.9. The first-order valence-corrected chi connectivity index (χ1v) is 18.5. The summed E-state index contributed by atoms with van der Waals surface area (Å²) in [6.45, 7) is 4.47. The molecule has 3 aliphatic rings. The van der Waals surface area contributed by atoms with E-state index in [4.69, 9.17) is 37.9 Å². The fraction of sp³-hybridized carbons (Fsp3) is 0.447. The van der Waals surface area contributed by atoms with Crippen LogP contribution in [-0.4, -0.2) is 90.8 Å². The molecule has 1 atom stereocenters. The molecule has 274 valence electrons. The van der Waals surface area contributed by atoms with E-state index >= 15 is 0 Å². The number of carbonyl (C=O) groups is 2. The number of ether oxygens (including phenoxy) is 1. The lowest BCUT2D eigenvalue weighted by atomic mass is 9.81. The summed E-state index contributed by atoms with van der Waals surface area (Å²) >= 11 is 13.9. The number of rotatable bonds is 10. The van der Waals surface area contributed by atoms with E-state index in [2.05, 4.69) is 20.1 Å².